The Morgan fingerprint density at radius 3 is 2.63 bits per heavy atom. The van der Waals surface area contributed by atoms with Gasteiger partial charge in [0.2, 0.25) is 5.91 Å². The van der Waals surface area contributed by atoms with Gasteiger partial charge in [-0.25, -0.2) is 4.98 Å². The summed E-state index contributed by atoms with van der Waals surface area (Å²) in [6, 6.07) is 13.4. The maximum atomic E-state index is 12.7. The normalized spacial score (nSPS) is 15.3. The summed E-state index contributed by atoms with van der Waals surface area (Å²) in [5.74, 6) is 1.20. The molecule has 1 amide bonds. The van der Waals surface area contributed by atoms with Gasteiger partial charge in [-0.3, -0.25) is 14.3 Å². The van der Waals surface area contributed by atoms with Crippen LogP contribution in [0.1, 0.15) is 25.6 Å². The number of carbonyl (C=O) groups excluding carboxylic acids is 1. The summed E-state index contributed by atoms with van der Waals surface area (Å²) in [7, 11) is 0. The molecule has 1 saturated heterocycles. The Hall–Kier alpha value is -2.42. The summed E-state index contributed by atoms with van der Waals surface area (Å²) in [4.78, 5) is 19.2. The number of benzene rings is 1. The molecule has 3 aromatic rings. The molecular formula is C21H23ClN6OS. The van der Waals surface area contributed by atoms with Crippen LogP contribution < -0.4 is 5.32 Å². The molecule has 1 N–H and O–H groups in total. The molecule has 0 saturated carbocycles. The number of thioether (sulfide) groups is 1. The van der Waals surface area contributed by atoms with Crippen LogP contribution in [0, 0.1) is 0 Å². The molecule has 0 radical (unpaired) electrons. The fourth-order valence-electron chi connectivity index (χ4n) is 3.35. The maximum Gasteiger partial charge on any atom is 0.238 e. The zero-order chi connectivity index (χ0) is 20.9. The topological polar surface area (TPSA) is 75.9 Å². The molecule has 3 heterocycles. The molecule has 9 heteroatoms. The van der Waals surface area contributed by atoms with Crippen molar-refractivity contribution in [2.75, 3.05) is 18.4 Å². The molecule has 156 valence electrons. The number of pyridine rings is 1. The molecule has 1 aliphatic rings. The van der Waals surface area contributed by atoms with Gasteiger partial charge in [0.1, 0.15) is 5.82 Å². The molecule has 1 atom stereocenters. The molecule has 1 fully saturated rings. The third-order valence-electron chi connectivity index (χ3n) is 4.91. The highest BCUT2D eigenvalue weighted by Crippen LogP contribution is 2.27. The van der Waals surface area contributed by atoms with Gasteiger partial charge in [0, 0.05) is 11.9 Å². The lowest BCUT2D eigenvalue weighted by molar-refractivity contribution is -0.115. The van der Waals surface area contributed by atoms with Crippen molar-refractivity contribution in [2.45, 2.75) is 36.7 Å². The Labute approximate surface area is 184 Å². The minimum atomic E-state index is -0.381. The van der Waals surface area contributed by atoms with E-state index in [0.29, 0.717) is 16.0 Å². The van der Waals surface area contributed by atoms with Gasteiger partial charge in [0.05, 0.1) is 16.8 Å². The van der Waals surface area contributed by atoms with Crippen LogP contribution in [0.15, 0.2) is 53.8 Å². The van der Waals surface area contributed by atoms with Gasteiger partial charge in [-0.05, 0) is 57.1 Å². The van der Waals surface area contributed by atoms with Gasteiger partial charge < -0.3 is 5.32 Å². The lowest BCUT2D eigenvalue weighted by atomic mass is 10.3. The number of likely N-dealkylation sites (tertiary alicyclic amines) is 1. The van der Waals surface area contributed by atoms with Crippen molar-refractivity contribution in [1.29, 1.82) is 0 Å². The zero-order valence-corrected chi connectivity index (χ0v) is 18.2. The average molecular weight is 443 g/mol. The van der Waals surface area contributed by atoms with E-state index >= 15 is 0 Å². The zero-order valence-electron chi connectivity index (χ0n) is 16.7. The smallest absolute Gasteiger partial charge is 0.238 e. The molecule has 30 heavy (non-hydrogen) atoms. The number of hydrogen-bond acceptors (Lipinski definition) is 6. The highest BCUT2D eigenvalue weighted by Gasteiger charge is 2.23. The fourth-order valence-corrected chi connectivity index (χ4v) is 4.34. The molecule has 4 rings (SSSR count). The molecular weight excluding hydrogens is 420 g/mol. The maximum absolute atomic E-state index is 12.7. The van der Waals surface area contributed by atoms with Crippen molar-refractivity contribution < 1.29 is 4.79 Å². The van der Waals surface area contributed by atoms with Gasteiger partial charge in [0.15, 0.2) is 11.0 Å². The van der Waals surface area contributed by atoms with Crippen LogP contribution in [0.25, 0.3) is 5.69 Å². The molecule has 7 nitrogen and oxygen atoms in total. The Balaban J connectivity index is 1.53. The number of hydrogen-bond donors (Lipinski definition) is 1. The number of nitrogens with one attached hydrogen (secondary N) is 1. The third kappa shape index (κ3) is 5.00. The first-order chi connectivity index (χ1) is 14.6. The summed E-state index contributed by atoms with van der Waals surface area (Å²) in [5, 5.41) is 12.5. The van der Waals surface area contributed by atoms with E-state index in [4.69, 9.17) is 11.6 Å². The molecule has 1 aliphatic heterocycles. The summed E-state index contributed by atoms with van der Waals surface area (Å²) in [6.45, 7) is 4.76. The second-order valence-electron chi connectivity index (χ2n) is 7.16. The second-order valence-corrected chi connectivity index (χ2v) is 8.91. The number of aromatic nitrogens is 4. The summed E-state index contributed by atoms with van der Waals surface area (Å²) < 4.78 is 2.05. The predicted octanol–water partition coefficient (Wildman–Crippen LogP) is 4.03. The SMILES string of the molecule is C[C@@H](Sc1nnc(CN2CCCC2)n1-c1ccccc1)C(=O)Nc1ccc(Cl)cn1. The van der Waals surface area contributed by atoms with Crippen LogP contribution in [-0.2, 0) is 11.3 Å². The van der Waals surface area contributed by atoms with Crippen LogP contribution in [0.5, 0.6) is 0 Å². The molecule has 0 aliphatic carbocycles. The van der Waals surface area contributed by atoms with Crippen molar-refractivity contribution in [3.05, 3.63) is 59.5 Å². The predicted molar refractivity (Wildman–Crippen MR) is 119 cm³/mol. The highest BCUT2D eigenvalue weighted by molar-refractivity contribution is 8.00. The van der Waals surface area contributed by atoms with Crippen molar-refractivity contribution >= 4 is 35.1 Å². The number of anilines is 1. The molecule has 1 aromatic carbocycles. The molecule has 0 spiro atoms. The third-order valence-corrected chi connectivity index (χ3v) is 6.17. The van der Waals surface area contributed by atoms with E-state index in [2.05, 4.69) is 25.4 Å². The Morgan fingerprint density at radius 2 is 1.93 bits per heavy atom. The quantitative estimate of drug-likeness (QED) is 0.557. The average Bonchev–Trinajstić information content (AvgIpc) is 3.41. The largest absolute Gasteiger partial charge is 0.310 e. The highest BCUT2D eigenvalue weighted by atomic mass is 35.5. The van der Waals surface area contributed by atoms with Crippen LogP contribution in [-0.4, -0.2) is 48.9 Å². The first-order valence-corrected chi connectivity index (χ1v) is 11.2. The van der Waals surface area contributed by atoms with Crippen molar-refractivity contribution in [3.63, 3.8) is 0 Å². The van der Waals surface area contributed by atoms with Crippen molar-refractivity contribution in [1.82, 2.24) is 24.6 Å². The Bertz CT molecular complexity index is 988. The number of nitrogens with zero attached hydrogens (tertiary/aromatic N) is 5. The van der Waals surface area contributed by atoms with E-state index in [1.165, 1.54) is 30.8 Å². The van der Waals surface area contributed by atoms with Crippen LogP contribution >= 0.6 is 23.4 Å². The van der Waals surface area contributed by atoms with E-state index in [1.54, 1.807) is 12.1 Å². The number of rotatable bonds is 7. The standard InChI is InChI=1S/C21H23ClN6OS/c1-15(20(29)24-18-10-9-16(22)13-23-18)30-21-26-25-19(14-27-11-5-6-12-27)28(21)17-7-3-2-4-8-17/h2-4,7-10,13,15H,5-6,11-12,14H2,1H3,(H,23,24,29)/t15-/m1/s1. The first kappa shape index (κ1) is 20.8. The molecule has 2 aromatic heterocycles. The number of amides is 1. The van der Waals surface area contributed by atoms with Gasteiger partial charge >= 0.3 is 0 Å². The van der Waals surface area contributed by atoms with Crippen molar-refractivity contribution in [2.24, 2.45) is 0 Å². The second kappa shape index (κ2) is 9.59. The lowest BCUT2D eigenvalue weighted by Gasteiger charge is -2.17. The summed E-state index contributed by atoms with van der Waals surface area (Å²) in [6.07, 6.45) is 3.94. The summed E-state index contributed by atoms with van der Waals surface area (Å²) >= 11 is 7.24. The van der Waals surface area contributed by atoms with Crippen LogP contribution in [0.2, 0.25) is 5.02 Å². The lowest BCUT2D eigenvalue weighted by Crippen LogP contribution is -2.24. The van der Waals surface area contributed by atoms with Gasteiger partial charge in [-0.15, -0.1) is 10.2 Å². The fraction of sp³-hybridized carbons (Fsp3) is 0.333. The number of halogens is 1. The van der Waals surface area contributed by atoms with E-state index < -0.39 is 0 Å². The Morgan fingerprint density at radius 1 is 1.17 bits per heavy atom. The van der Waals surface area contributed by atoms with Gasteiger partial charge in [-0.2, -0.15) is 0 Å². The van der Waals surface area contributed by atoms with Crippen molar-refractivity contribution in [3.8, 4) is 5.69 Å². The van der Waals surface area contributed by atoms with E-state index in [1.807, 2.05) is 41.8 Å². The minimum Gasteiger partial charge on any atom is -0.310 e. The van der Waals surface area contributed by atoms with E-state index in [9.17, 15) is 4.79 Å². The van der Waals surface area contributed by atoms with Gasteiger partial charge in [0.25, 0.3) is 0 Å². The number of para-hydroxylation sites is 1. The number of carbonyl (C=O) groups is 1. The Kier molecular flexibility index (Phi) is 6.66. The molecule has 0 bridgehead atoms. The van der Waals surface area contributed by atoms with Crippen LogP contribution in [0.3, 0.4) is 0 Å². The van der Waals surface area contributed by atoms with Gasteiger partial charge in [-0.1, -0.05) is 41.6 Å². The first-order valence-electron chi connectivity index (χ1n) is 9.91. The van der Waals surface area contributed by atoms with E-state index in [0.717, 1.165) is 31.1 Å². The van der Waals surface area contributed by atoms with E-state index in [-0.39, 0.29) is 11.2 Å². The van der Waals surface area contributed by atoms with Crippen LogP contribution in [0.4, 0.5) is 5.82 Å². The monoisotopic (exact) mass is 442 g/mol. The minimum absolute atomic E-state index is 0.154. The summed E-state index contributed by atoms with van der Waals surface area (Å²) in [5.41, 5.74) is 0.992. The molecule has 0 unspecified atom stereocenters.